The molecule has 1 fully saturated rings. The number of piperidine rings is 1. The molecule has 1 aromatic heterocycles. The number of furan rings is 1. The van der Waals surface area contributed by atoms with Crippen LogP contribution in [0.1, 0.15) is 40.6 Å². The highest BCUT2D eigenvalue weighted by atomic mass is 16.3. The Morgan fingerprint density at radius 3 is 2.48 bits per heavy atom. The number of rotatable bonds is 4. The molecule has 2 N–H and O–H groups in total. The van der Waals surface area contributed by atoms with Gasteiger partial charge in [-0.3, -0.25) is 9.59 Å². The molecule has 1 aliphatic rings. The highest BCUT2D eigenvalue weighted by Crippen LogP contribution is 2.19. The lowest BCUT2D eigenvalue weighted by molar-refractivity contribution is -0.141. The van der Waals surface area contributed by atoms with Crippen molar-refractivity contribution in [1.29, 1.82) is 0 Å². The van der Waals surface area contributed by atoms with Gasteiger partial charge in [0, 0.05) is 24.7 Å². The average molecular weight is 342 g/mol. The van der Waals surface area contributed by atoms with E-state index in [1.54, 1.807) is 35.2 Å². The quantitative estimate of drug-likeness (QED) is 0.891. The number of benzene rings is 1. The zero-order valence-electron chi connectivity index (χ0n) is 14.1. The van der Waals surface area contributed by atoms with Gasteiger partial charge in [-0.2, -0.15) is 0 Å². The fourth-order valence-electron chi connectivity index (χ4n) is 3.05. The van der Waals surface area contributed by atoms with Gasteiger partial charge in [0.25, 0.3) is 11.8 Å². The number of carbonyl (C=O) groups is 2. The van der Waals surface area contributed by atoms with Crippen LogP contribution < -0.4 is 5.32 Å². The zero-order valence-corrected chi connectivity index (χ0v) is 14.1. The Hall–Kier alpha value is -2.60. The number of hydrogen-bond acceptors (Lipinski definition) is 4. The predicted octanol–water partition coefficient (Wildman–Crippen LogP) is 2.04. The summed E-state index contributed by atoms with van der Waals surface area (Å²) in [5.41, 5.74) is 1.40. The first-order valence-corrected chi connectivity index (χ1v) is 8.43. The fraction of sp³-hybridized carbons (Fsp3) is 0.368. The van der Waals surface area contributed by atoms with E-state index < -0.39 is 6.10 Å². The Bertz CT molecular complexity index is 733. The Kier molecular flexibility index (Phi) is 5.19. The molecule has 0 saturated carbocycles. The molecule has 0 unspecified atom stereocenters. The second-order valence-electron chi connectivity index (χ2n) is 6.32. The third-order valence-electron chi connectivity index (χ3n) is 4.56. The Labute approximate surface area is 146 Å². The summed E-state index contributed by atoms with van der Waals surface area (Å²) in [4.78, 5) is 26.3. The summed E-state index contributed by atoms with van der Waals surface area (Å²) in [6, 6.07) is 10.7. The smallest absolute Gasteiger partial charge is 0.287 e. The molecule has 0 radical (unpaired) electrons. The van der Waals surface area contributed by atoms with Crippen molar-refractivity contribution in [3.63, 3.8) is 0 Å². The molecule has 6 heteroatoms. The SMILES string of the molecule is Cc1ccoc1C(=O)NC1CCN(C(=O)[C@@H](O)c2ccccc2)CC1. The summed E-state index contributed by atoms with van der Waals surface area (Å²) in [6.45, 7) is 2.83. The number of nitrogens with one attached hydrogen (secondary N) is 1. The number of carbonyl (C=O) groups excluding carboxylic acids is 2. The summed E-state index contributed by atoms with van der Waals surface area (Å²) >= 11 is 0. The largest absolute Gasteiger partial charge is 0.459 e. The summed E-state index contributed by atoms with van der Waals surface area (Å²) in [6.07, 6.45) is 1.66. The van der Waals surface area contributed by atoms with E-state index in [4.69, 9.17) is 4.42 Å². The molecule has 6 nitrogen and oxygen atoms in total. The Morgan fingerprint density at radius 2 is 1.88 bits per heavy atom. The minimum atomic E-state index is -1.14. The number of amides is 2. The van der Waals surface area contributed by atoms with Gasteiger partial charge in [-0.25, -0.2) is 0 Å². The topological polar surface area (TPSA) is 82.8 Å². The molecule has 2 aromatic rings. The van der Waals surface area contributed by atoms with Crippen molar-refractivity contribution in [3.8, 4) is 0 Å². The Morgan fingerprint density at radius 1 is 1.20 bits per heavy atom. The van der Waals surface area contributed by atoms with Gasteiger partial charge in [0.1, 0.15) is 0 Å². The number of hydrogen-bond donors (Lipinski definition) is 2. The number of aliphatic hydroxyl groups excluding tert-OH is 1. The maximum Gasteiger partial charge on any atom is 0.287 e. The summed E-state index contributed by atoms with van der Waals surface area (Å²) < 4.78 is 5.20. The second kappa shape index (κ2) is 7.53. The van der Waals surface area contributed by atoms with Crippen molar-refractivity contribution in [2.75, 3.05) is 13.1 Å². The number of likely N-dealkylation sites (tertiary alicyclic amines) is 1. The molecule has 132 valence electrons. The number of nitrogens with zero attached hydrogens (tertiary/aromatic N) is 1. The monoisotopic (exact) mass is 342 g/mol. The van der Waals surface area contributed by atoms with Crippen LogP contribution in [-0.2, 0) is 4.79 Å². The summed E-state index contributed by atoms with van der Waals surface area (Å²) in [5.74, 6) is -0.188. The van der Waals surface area contributed by atoms with Crippen LogP contribution in [0.25, 0.3) is 0 Å². The molecule has 1 aromatic carbocycles. The lowest BCUT2D eigenvalue weighted by atomic mass is 10.0. The molecule has 0 bridgehead atoms. The van der Waals surface area contributed by atoms with E-state index in [0.717, 1.165) is 5.56 Å². The first kappa shape index (κ1) is 17.2. The molecule has 2 amide bonds. The van der Waals surface area contributed by atoms with E-state index in [-0.39, 0.29) is 17.9 Å². The first-order valence-electron chi connectivity index (χ1n) is 8.43. The highest BCUT2D eigenvalue weighted by molar-refractivity contribution is 5.93. The maximum atomic E-state index is 12.4. The molecule has 1 aliphatic heterocycles. The van der Waals surface area contributed by atoms with E-state index in [1.807, 2.05) is 13.0 Å². The van der Waals surface area contributed by atoms with E-state index in [9.17, 15) is 14.7 Å². The van der Waals surface area contributed by atoms with E-state index in [2.05, 4.69) is 5.32 Å². The molecule has 25 heavy (non-hydrogen) atoms. The molecular weight excluding hydrogens is 320 g/mol. The molecular formula is C19H22N2O4. The normalized spacial score (nSPS) is 16.5. The van der Waals surface area contributed by atoms with Crippen LogP contribution in [0.2, 0.25) is 0 Å². The van der Waals surface area contributed by atoms with Gasteiger partial charge >= 0.3 is 0 Å². The van der Waals surface area contributed by atoms with E-state index in [0.29, 0.717) is 37.3 Å². The molecule has 3 rings (SSSR count). The molecule has 0 spiro atoms. The lowest BCUT2D eigenvalue weighted by Gasteiger charge is -2.33. The van der Waals surface area contributed by atoms with Crippen LogP contribution in [-0.4, -0.2) is 41.0 Å². The highest BCUT2D eigenvalue weighted by Gasteiger charge is 2.29. The fourth-order valence-corrected chi connectivity index (χ4v) is 3.05. The average Bonchev–Trinajstić information content (AvgIpc) is 3.08. The van der Waals surface area contributed by atoms with Crippen LogP contribution in [0.15, 0.2) is 47.1 Å². The lowest BCUT2D eigenvalue weighted by Crippen LogP contribution is -2.47. The van der Waals surface area contributed by atoms with Crippen molar-refractivity contribution in [1.82, 2.24) is 10.2 Å². The molecule has 2 heterocycles. The van der Waals surface area contributed by atoms with E-state index in [1.165, 1.54) is 6.26 Å². The predicted molar refractivity (Wildman–Crippen MR) is 91.9 cm³/mol. The Balaban J connectivity index is 1.52. The third kappa shape index (κ3) is 3.91. The zero-order chi connectivity index (χ0) is 17.8. The maximum absolute atomic E-state index is 12.4. The van der Waals surface area contributed by atoms with Gasteiger partial charge in [0.05, 0.1) is 6.26 Å². The minimum absolute atomic E-state index is 0.00471. The standard InChI is InChI=1S/C19H22N2O4/c1-13-9-12-25-17(13)18(23)20-15-7-10-21(11-8-15)19(24)16(22)14-5-3-2-4-6-14/h2-6,9,12,15-16,22H,7-8,10-11H2,1H3,(H,20,23)/t16-/m0/s1. The van der Waals surface area contributed by atoms with Crippen LogP contribution >= 0.6 is 0 Å². The summed E-state index contributed by atoms with van der Waals surface area (Å²) in [7, 11) is 0. The molecule has 1 atom stereocenters. The summed E-state index contributed by atoms with van der Waals surface area (Å²) in [5, 5.41) is 13.2. The number of aryl methyl sites for hydroxylation is 1. The second-order valence-corrected chi connectivity index (χ2v) is 6.32. The van der Waals surface area contributed by atoms with Crippen molar-refractivity contribution in [2.45, 2.75) is 31.9 Å². The van der Waals surface area contributed by atoms with Crippen LogP contribution in [0.5, 0.6) is 0 Å². The van der Waals surface area contributed by atoms with Gasteiger partial charge in [0.2, 0.25) is 0 Å². The van der Waals surface area contributed by atoms with Gasteiger partial charge in [-0.15, -0.1) is 0 Å². The van der Waals surface area contributed by atoms with Gasteiger partial charge in [-0.05, 0) is 31.4 Å². The first-order chi connectivity index (χ1) is 12.1. The molecule has 1 saturated heterocycles. The van der Waals surface area contributed by atoms with Crippen molar-refractivity contribution >= 4 is 11.8 Å². The van der Waals surface area contributed by atoms with Gasteiger partial charge < -0.3 is 19.7 Å². The number of aliphatic hydroxyl groups is 1. The van der Waals surface area contributed by atoms with Crippen molar-refractivity contribution in [3.05, 3.63) is 59.5 Å². The van der Waals surface area contributed by atoms with Crippen LogP contribution in [0.4, 0.5) is 0 Å². The molecule has 0 aliphatic carbocycles. The van der Waals surface area contributed by atoms with Gasteiger partial charge in [-0.1, -0.05) is 30.3 Å². The van der Waals surface area contributed by atoms with Crippen LogP contribution in [0, 0.1) is 6.92 Å². The van der Waals surface area contributed by atoms with Crippen molar-refractivity contribution < 1.29 is 19.1 Å². The van der Waals surface area contributed by atoms with Crippen molar-refractivity contribution in [2.24, 2.45) is 0 Å². The van der Waals surface area contributed by atoms with E-state index >= 15 is 0 Å². The van der Waals surface area contributed by atoms with Gasteiger partial charge in [0.15, 0.2) is 11.9 Å². The van der Waals surface area contributed by atoms with Crippen LogP contribution in [0.3, 0.4) is 0 Å². The third-order valence-corrected chi connectivity index (χ3v) is 4.56. The minimum Gasteiger partial charge on any atom is -0.459 e.